The van der Waals surface area contributed by atoms with E-state index < -0.39 is 0 Å². The van der Waals surface area contributed by atoms with E-state index >= 15 is 0 Å². The molecule has 0 saturated heterocycles. The largest absolute Gasteiger partial charge is 0.192 e. The summed E-state index contributed by atoms with van der Waals surface area (Å²) in [6.07, 6.45) is 13.4. The first-order valence-electron chi connectivity index (χ1n) is 9.07. The number of benzene rings is 1. The maximum absolute atomic E-state index is 8.91. The van der Waals surface area contributed by atoms with E-state index in [0.29, 0.717) is 5.92 Å². The lowest BCUT2D eigenvalue weighted by Crippen LogP contribution is -2.25. The predicted octanol–water partition coefficient (Wildman–Crippen LogP) is 6.55. The highest BCUT2D eigenvalue weighted by atomic mass is 79.9. The van der Waals surface area contributed by atoms with Crippen molar-refractivity contribution in [3.63, 3.8) is 0 Å². The lowest BCUT2D eigenvalue weighted by Gasteiger charge is -2.37. The number of rotatable bonds is 3. The first-order chi connectivity index (χ1) is 11.3. The van der Waals surface area contributed by atoms with Gasteiger partial charge >= 0.3 is 0 Å². The highest BCUT2D eigenvalue weighted by Gasteiger charge is 2.30. The van der Waals surface area contributed by atoms with Crippen molar-refractivity contribution in [3.05, 3.63) is 46.5 Å². The molecule has 0 radical (unpaired) electrons. The molecule has 2 aliphatic carbocycles. The van der Waals surface area contributed by atoms with Crippen molar-refractivity contribution in [2.45, 2.75) is 57.3 Å². The zero-order valence-corrected chi connectivity index (χ0v) is 15.3. The van der Waals surface area contributed by atoms with Crippen molar-refractivity contribution in [2.24, 2.45) is 17.8 Å². The van der Waals surface area contributed by atoms with Gasteiger partial charge in [-0.2, -0.15) is 5.26 Å². The van der Waals surface area contributed by atoms with Crippen LogP contribution >= 0.6 is 15.9 Å². The third kappa shape index (κ3) is 4.27. The van der Waals surface area contributed by atoms with Gasteiger partial charge in [-0.05, 0) is 97.7 Å². The summed E-state index contributed by atoms with van der Waals surface area (Å²) in [7, 11) is 0. The number of hydrogen-bond acceptors (Lipinski definition) is 1. The number of nitrogens with zero attached hydrogens (tertiary/aromatic N) is 1. The van der Waals surface area contributed by atoms with Crippen molar-refractivity contribution in [1.82, 2.24) is 0 Å². The van der Waals surface area contributed by atoms with Crippen LogP contribution in [0.2, 0.25) is 0 Å². The van der Waals surface area contributed by atoms with E-state index in [1.165, 1.54) is 56.9 Å². The normalized spacial score (nSPS) is 31.8. The number of hydrogen-bond donors (Lipinski definition) is 0. The summed E-state index contributed by atoms with van der Waals surface area (Å²) in [6.45, 7) is 0. The average molecular weight is 372 g/mol. The molecule has 0 aromatic heterocycles. The molecule has 0 atom stereocenters. The Bertz CT molecular complexity index is 552. The SMILES string of the molecule is N#Cc1ccc(C2CCC(C3CCC(/C=C/Br)CC3)CC2)cc1. The van der Waals surface area contributed by atoms with E-state index in [-0.39, 0.29) is 0 Å². The molecular formula is C21H26BrN. The van der Waals surface area contributed by atoms with Crippen molar-refractivity contribution in [2.75, 3.05) is 0 Å². The summed E-state index contributed by atoms with van der Waals surface area (Å²) < 4.78 is 0. The molecular weight excluding hydrogens is 346 g/mol. The summed E-state index contributed by atoms with van der Waals surface area (Å²) in [6, 6.07) is 10.5. The topological polar surface area (TPSA) is 23.8 Å². The van der Waals surface area contributed by atoms with Gasteiger partial charge in [0.2, 0.25) is 0 Å². The van der Waals surface area contributed by atoms with Crippen molar-refractivity contribution in [3.8, 4) is 6.07 Å². The highest BCUT2D eigenvalue weighted by Crippen LogP contribution is 2.44. The van der Waals surface area contributed by atoms with E-state index in [2.05, 4.69) is 40.2 Å². The van der Waals surface area contributed by atoms with Crippen molar-refractivity contribution < 1.29 is 0 Å². The van der Waals surface area contributed by atoms with Crippen LogP contribution in [0.15, 0.2) is 35.3 Å². The van der Waals surface area contributed by atoms with Crippen LogP contribution in [0.1, 0.15) is 68.4 Å². The molecule has 0 unspecified atom stereocenters. The molecule has 2 heteroatoms. The van der Waals surface area contributed by atoms with Crippen LogP contribution in [0.3, 0.4) is 0 Å². The average Bonchev–Trinajstić information content (AvgIpc) is 2.63. The second-order valence-electron chi connectivity index (χ2n) is 7.34. The van der Waals surface area contributed by atoms with E-state index in [9.17, 15) is 0 Å². The molecule has 0 spiro atoms. The van der Waals surface area contributed by atoms with Crippen LogP contribution in [0.4, 0.5) is 0 Å². The van der Waals surface area contributed by atoms with Crippen molar-refractivity contribution in [1.29, 1.82) is 5.26 Å². The Kier molecular flexibility index (Phi) is 5.95. The zero-order valence-electron chi connectivity index (χ0n) is 13.8. The summed E-state index contributed by atoms with van der Waals surface area (Å²) in [5.41, 5.74) is 2.21. The molecule has 2 aliphatic rings. The molecule has 1 nitrogen and oxygen atoms in total. The minimum Gasteiger partial charge on any atom is -0.192 e. The molecule has 0 N–H and O–H groups in total. The molecule has 3 rings (SSSR count). The first-order valence-corrected chi connectivity index (χ1v) is 9.98. The summed E-state index contributed by atoms with van der Waals surface area (Å²) >= 11 is 3.42. The lowest BCUT2D eigenvalue weighted by atomic mass is 9.68. The highest BCUT2D eigenvalue weighted by molar-refractivity contribution is 9.11. The maximum atomic E-state index is 8.91. The van der Waals surface area contributed by atoms with E-state index in [1.807, 2.05) is 17.1 Å². The Balaban J connectivity index is 1.49. The van der Waals surface area contributed by atoms with Gasteiger partial charge in [0.15, 0.2) is 0 Å². The van der Waals surface area contributed by atoms with Crippen LogP contribution < -0.4 is 0 Å². The smallest absolute Gasteiger partial charge is 0.0991 e. The molecule has 122 valence electrons. The molecule has 23 heavy (non-hydrogen) atoms. The summed E-state index contributed by atoms with van der Waals surface area (Å²) in [5, 5.41) is 8.91. The first kappa shape index (κ1) is 16.8. The molecule has 0 amide bonds. The Labute approximate surface area is 148 Å². The van der Waals surface area contributed by atoms with Crippen LogP contribution in [0, 0.1) is 29.1 Å². The van der Waals surface area contributed by atoms with Crippen LogP contribution in [0.5, 0.6) is 0 Å². The number of nitriles is 1. The fourth-order valence-electron chi connectivity index (χ4n) is 4.67. The van der Waals surface area contributed by atoms with Gasteiger partial charge in [0.25, 0.3) is 0 Å². The van der Waals surface area contributed by atoms with Crippen LogP contribution in [-0.2, 0) is 0 Å². The Morgan fingerprint density at radius 3 is 1.96 bits per heavy atom. The molecule has 0 heterocycles. The lowest BCUT2D eigenvalue weighted by molar-refractivity contribution is 0.171. The van der Waals surface area contributed by atoms with Gasteiger partial charge in [-0.25, -0.2) is 0 Å². The monoisotopic (exact) mass is 371 g/mol. The molecule has 1 aromatic rings. The van der Waals surface area contributed by atoms with E-state index in [1.54, 1.807) is 0 Å². The standard InChI is InChI=1S/C21H26BrN/c22-14-13-16-1-5-18(6-2-16)20-9-11-21(12-10-20)19-7-3-17(15-23)4-8-19/h3-4,7-8,13-14,16,18,20-21H,1-2,5-6,9-12H2/b14-13+. The Morgan fingerprint density at radius 2 is 1.43 bits per heavy atom. The second-order valence-corrected chi connectivity index (χ2v) is 7.87. The molecule has 1 aromatic carbocycles. The molecule has 0 bridgehead atoms. The fourth-order valence-corrected chi connectivity index (χ4v) is 5.10. The van der Waals surface area contributed by atoms with Gasteiger partial charge in [0.1, 0.15) is 0 Å². The van der Waals surface area contributed by atoms with Crippen LogP contribution in [-0.4, -0.2) is 0 Å². The van der Waals surface area contributed by atoms with E-state index in [4.69, 9.17) is 5.26 Å². The van der Waals surface area contributed by atoms with Crippen molar-refractivity contribution >= 4 is 15.9 Å². The Hall–Kier alpha value is -1.07. The van der Waals surface area contributed by atoms with Crippen LogP contribution in [0.25, 0.3) is 0 Å². The molecule has 2 saturated carbocycles. The summed E-state index contributed by atoms with van der Waals surface area (Å²) in [4.78, 5) is 2.04. The minimum absolute atomic E-state index is 0.715. The van der Waals surface area contributed by atoms with Gasteiger partial charge in [0.05, 0.1) is 11.6 Å². The third-order valence-electron chi connectivity index (χ3n) is 6.11. The number of halogens is 1. The van der Waals surface area contributed by atoms with Gasteiger partial charge in [-0.1, -0.05) is 34.1 Å². The predicted molar refractivity (Wildman–Crippen MR) is 99.4 cm³/mol. The van der Waals surface area contributed by atoms with Gasteiger partial charge < -0.3 is 0 Å². The van der Waals surface area contributed by atoms with Gasteiger partial charge in [-0.3, -0.25) is 0 Å². The second kappa shape index (κ2) is 8.15. The maximum Gasteiger partial charge on any atom is 0.0991 e. The van der Waals surface area contributed by atoms with E-state index in [0.717, 1.165) is 23.3 Å². The summed E-state index contributed by atoms with van der Waals surface area (Å²) in [5.74, 6) is 3.45. The van der Waals surface area contributed by atoms with Gasteiger partial charge in [0, 0.05) is 0 Å². The zero-order chi connectivity index (χ0) is 16.1. The molecule has 0 aliphatic heterocycles. The fraction of sp³-hybridized carbons (Fsp3) is 0.571. The third-order valence-corrected chi connectivity index (χ3v) is 6.42. The molecule has 2 fully saturated rings. The number of allylic oxidation sites excluding steroid dienone is 1. The van der Waals surface area contributed by atoms with Gasteiger partial charge in [-0.15, -0.1) is 0 Å². The quantitative estimate of drug-likeness (QED) is 0.590. The minimum atomic E-state index is 0.715. The Morgan fingerprint density at radius 1 is 0.870 bits per heavy atom.